The average Bonchev–Trinajstić information content (AvgIpc) is 3.08. The van der Waals surface area contributed by atoms with Crippen LogP contribution in [0.15, 0.2) is 24.4 Å². The third-order valence-corrected chi connectivity index (χ3v) is 4.91. The van der Waals surface area contributed by atoms with Gasteiger partial charge in [-0.2, -0.15) is 0 Å². The maximum atomic E-state index is 12.8. The molecule has 1 heterocycles. The molecule has 1 fully saturated rings. The Kier molecular flexibility index (Phi) is 5.25. The lowest BCUT2D eigenvalue weighted by Crippen LogP contribution is -2.47. The van der Waals surface area contributed by atoms with Gasteiger partial charge >= 0.3 is 5.97 Å². The van der Waals surface area contributed by atoms with Crippen molar-refractivity contribution in [3.05, 3.63) is 30.0 Å². The van der Waals surface area contributed by atoms with E-state index < -0.39 is 24.2 Å². The molecule has 7 heteroatoms. The Balaban J connectivity index is 1.88. The predicted molar refractivity (Wildman–Crippen MR) is 95.4 cm³/mol. The smallest absolute Gasteiger partial charge is 0.323 e. The zero-order valence-corrected chi connectivity index (χ0v) is 14.7. The van der Waals surface area contributed by atoms with E-state index in [9.17, 15) is 19.5 Å². The lowest BCUT2D eigenvalue weighted by Gasteiger charge is -2.32. The summed E-state index contributed by atoms with van der Waals surface area (Å²) in [6, 6.07) is 4.98. The first-order valence-electron chi connectivity index (χ1n) is 8.73. The predicted octanol–water partition coefficient (Wildman–Crippen LogP) is 2.61. The molecule has 1 aliphatic rings. The van der Waals surface area contributed by atoms with E-state index in [0.29, 0.717) is 16.7 Å². The number of carboxylic acids is 1. The summed E-state index contributed by atoms with van der Waals surface area (Å²) in [6.45, 7) is -0.453. The molecular weight excluding hydrogens is 336 g/mol. The number of aromatic amines is 1. The Morgan fingerprint density at radius 2 is 1.96 bits per heavy atom. The van der Waals surface area contributed by atoms with Crippen LogP contribution in [0, 0.1) is 0 Å². The van der Waals surface area contributed by atoms with Crippen LogP contribution in [0.5, 0.6) is 5.75 Å². The summed E-state index contributed by atoms with van der Waals surface area (Å²) >= 11 is 0. The third-order valence-electron chi connectivity index (χ3n) is 4.91. The normalized spacial score (nSPS) is 15.0. The third kappa shape index (κ3) is 3.56. The molecule has 3 rings (SSSR count). The van der Waals surface area contributed by atoms with Crippen LogP contribution in [0.4, 0.5) is 0 Å². The van der Waals surface area contributed by atoms with Crippen LogP contribution in [0.2, 0.25) is 0 Å². The number of amides is 1. The van der Waals surface area contributed by atoms with Crippen molar-refractivity contribution in [2.45, 2.75) is 38.1 Å². The minimum atomic E-state index is -1.11. The fraction of sp³-hybridized carbons (Fsp3) is 0.421. The van der Waals surface area contributed by atoms with Gasteiger partial charge in [0.05, 0.1) is 12.7 Å². The van der Waals surface area contributed by atoms with Crippen molar-refractivity contribution in [1.82, 2.24) is 9.88 Å². The number of carbonyl (C=O) groups excluding carboxylic acids is 2. The second-order valence-corrected chi connectivity index (χ2v) is 6.56. The number of hydrogen-bond donors (Lipinski definition) is 2. The molecule has 2 N–H and O–H groups in total. The number of benzene rings is 1. The van der Waals surface area contributed by atoms with Gasteiger partial charge in [0.1, 0.15) is 12.3 Å². The van der Waals surface area contributed by atoms with E-state index in [1.807, 2.05) is 0 Å². The maximum absolute atomic E-state index is 12.8. The van der Waals surface area contributed by atoms with Crippen molar-refractivity contribution in [1.29, 1.82) is 0 Å². The molecule has 0 bridgehead atoms. The van der Waals surface area contributed by atoms with Gasteiger partial charge in [0.25, 0.3) is 11.7 Å². The summed E-state index contributed by atoms with van der Waals surface area (Å²) in [5.41, 5.74) is 0.932. The van der Waals surface area contributed by atoms with E-state index in [0.717, 1.165) is 32.1 Å². The Hall–Kier alpha value is -2.83. The molecule has 7 nitrogen and oxygen atoms in total. The Bertz CT molecular complexity index is 836. The molecule has 1 amide bonds. The quantitative estimate of drug-likeness (QED) is 0.611. The van der Waals surface area contributed by atoms with Gasteiger partial charge in [-0.15, -0.1) is 0 Å². The van der Waals surface area contributed by atoms with Gasteiger partial charge in [-0.25, -0.2) is 0 Å². The van der Waals surface area contributed by atoms with Gasteiger partial charge < -0.3 is 19.7 Å². The summed E-state index contributed by atoms with van der Waals surface area (Å²) in [5, 5.41) is 9.79. The van der Waals surface area contributed by atoms with Gasteiger partial charge in [0, 0.05) is 29.2 Å². The fourth-order valence-electron chi connectivity index (χ4n) is 3.57. The number of nitrogens with one attached hydrogen (secondary N) is 1. The molecule has 138 valence electrons. The number of carboxylic acid groups (broad SMARTS) is 1. The highest BCUT2D eigenvalue weighted by molar-refractivity contribution is 6.45. The summed E-state index contributed by atoms with van der Waals surface area (Å²) in [5.74, 6) is -1.91. The van der Waals surface area contributed by atoms with Crippen LogP contribution < -0.4 is 4.74 Å². The van der Waals surface area contributed by atoms with E-state index in [4.69, 9.17) is 4.74 Å². The number of ether oxygens (including phenoxy) is 1. The number of hydrogen-bond acceptors (Lipinski definition) is 4. The first kappa shape index (κ1) is 18.0. The minimum absolute atomic E-state index is 0.193. The molecule has 0 spiro atoms. The van der Waals surface area contributed by atoms with Crippen molar-refractivity contribution in [3.8, 4) is 5.75 Å². The monoisotopic (exact) mass is 358 g/mol. The Morgan fingerprint density at radius 1 is 1.23 bits per heavy atom. The standard InChI is InChI=1S/C19H22N2O5/c1-26-13-7-8-14-15(10-20-16(14)9-13)18(24)19(25)21(11-17(22)23)12-5-3-2-4-6-12/h7-10,12,20H,2-6,11H2,1H3,(H,22,23). The van der Waals surface area contributed by atoms with Crippen molar-refractivity contribution >= 4 is 28.6 Å². The average molecular weight is 358 g/mol. The highest BCUT2D eigenvalue weighted by Gasteiger charge is 2.32. The Morgan fingerprint density at radius 3 is 2.62 bits per heavy atom. The maximum Gasteiger partial charge on any atom is 0.323 e. The lowest BCUT2D eigenvalue weighted by atomic mass is 9.93. The highest BCUT2D eigenvalue weighted by atomic mass is 16.5. The molecule has 0 unspecified atom stereocenters. The van der Waals surface area contributed by atoms with Crippen molar-refractivity contribution in [3.63, 3.8) is 0 Å². The number of Topliss-reactive ketones (excluding diaryl/α,β-unsaturated/α-hetero) is 1. The van der Waals surface area contributed by atoms with Gasteiger partial charge in [-0.05, 0) is 25.0 Å². The van der Waals surface area contributed by atoms with Crippen LogP contribution in [-0.2, 0) is 9.59 Å². The highest BCUT2D eigenvalue weighted by Crippen LogP contribution is 2.26. The Labute approximate surface area is 150 Å². The molecule has 1 aliphatic carbocycles. The van der Waals surface area contributed by atoms with E-state index in [2.05, 4.69) is 4.98 Å². The topological polar surface area (TPSA) is 99.7 Å². The van der Waals surface area contributed by atoms with Crippen molar-refractivity contribution in [2.24, 2.45) is 0 Å². The molecule has 1 aromatic heterocycles. The molecule has 1 aromatic carbocycles. The number of nitrogens with zero attached hydrogens (tertiary/aromatic N) is 1. The van der Waals surface area contributed by atoms with Gasteiger partial charge in [-0.3, -0.25) is 14.4 Å². The number of H-pyrrole nitrogens is 1. The zero-order chi connectivity index (χ0) is 18.7. The molecule has 0 saturated heterocycles. The summed E-state index contributed by atoms with van der Waals surface area (Å²) in [7, 11) is 1.55. The van der Waals surface area contributed by atoms with Crippen LogP contribution in [-0.4, -0.2) is 52.3 Å². The largest absolute Gasteiger partial charge is 0.497 e. The molecule has 0 atom stereocenters. The summed E-state index contributed by atoms with van der Waals surface area (Å²) in [4.78, 5) is 41.0. The zero-order valence-electron chi connectivity index (χ0n) is 14.7. The molecule has 26 heavy (non-hydrogen) atoms. The molecule has 1 saturated carbocycles. The second kappa shape index (κ2) is 7.59. The van der Waals surface area contributed by atoms with E-state index in [1.165, 1.54) is 11.1 Å². The minimum Gasteiger partial charge on any atom is -0.497 e. The SMILES string of the molecule is COc1ccc2c(C(=O)C(=O)N(CC(=O)O)C3CCCCC3)c[nH]c2c1. The van der Waals surface area contributed by atoms with Crippen LogP contribution in [0.25, 0.3) is 10.9 Å². The number of ketones is 1. The number of aliphatic carboxylic acids is 1. The van der Waals surface area contributed by atoms with Crippen LogP contribution in [0.1, 0.15) is 42.5 Å². The van der Waals surface area contributed by atoms with Gasteiger partial charge in [0.2, 0.25) is 0 Å². The number of carbonyl (C=O) groups is 3. The van der Waals surface area contributed by atoms with Crippen molar-refractivity contribution in [2.75, 3.05) is 13.7 Å². The van der Waals surface area contributed by atoms with Crippen LogP contribution in [0.3, 0.4) is 0 Å². The molecular formula is C19H22N2O5. The van der Waals surface area contributed by atoms with Crippen LogP contribution >= 0.6 is 0 Å². The molecule has 0 aliphatic heterocycles. The summed E-state index contributed by atoms with van der Waals surface area (Å²) in [6.07, 6.45) is 5.91. The fourth-order valence-corrected chi connectivity index (χ4v) is 3.57. The summed E-state index contributed by atoms with van der Waals surface area (Å²) < 4.78 is 5.16. The van der Waals surface area contributed by atoms with E-state index in [1.54, 1.807) is 25.3 Å². The van der Waals surface area contributed by atoms with Gasteiger partial charge in [0.15, 0.2) is 0 Å². The first-order chi connectivity index (χ1) is 12.5. The number of aromatic nitrogens is 1. The van der Waals surface area contributed by atoms with Gasteiger partial charge in [-0.1, -0.05) is 19.3 Å². The van der Waals surface area contributed by atoms with Crippen molar-refractivity contribution < 1.29 is 24.2 Å². The molecule has 2 aromatic rings. The number of fused-ring (bicyclic) bond motifs is 1. The van der Waals surface area contributed by atoms with E-state index >= 15 is 0 Å². The second-order valence-electron chi connectivity index (χ2n) is 6.56. The number of rotatable bonds is 6. The first-order valence-corrected chi connectivity index (χ1v) is 8.73. The number of methoxy groups -OCH3 is 1. The lowest BCUT2D eigenvalue weighted by molar-refractivity contribution is -0.144. The van der Waals surface area contributed by atoms with E-state index in [-0.39, 0.29) is 11.6 Å². The molecule has 0 radical (unpaired) electrons.